The van der Waals surface area contributed by atoms with E-state index in [0.29, 0.717) is 0 Å². The molecule has 0 atom stereocenters. The Morgan fingerprint density at radius 1 is 0.439 bits per heavy atom. The van der Waals surface area contributed by atoms with Crippen LogP contribution in [0.1, 0.15) is 0 Å². The second-order valence-corrected chi connectivity index (χ2v) is 19.6. The molecule has 57 heavy (non-hydrogen) atoms. The minimum absolute atomic E-state index is 0.720. The molecule has 0 N–H and O–H groups in total. The number of hydrogen-bond donors (Lipinski definition) is 0. The standard InChI is InChI=1S/C52H33N3SSi/c1-4-18-34(19-5-1)48-51-49(41-27-13-17-31-46(41)57(51,35-20-6-2-7-21-35)36-22-8-3-9-23-36)54-52(53-48)39-25-11-15-29-43(39)55-42-28-14-10-24-37(42)38-32-33-45-47(50(38)55)40-26-12-16-30-44(40)56-45/h1-33H. The van der Waals surface area contributed by atoms with Crippen molar-refractivity contribution in [1.29, 1.82) is 0 Å². The van der Waals surface area contributed by atoms with Gasteiger partial charge in [-0.3, -0.25) is 0 Å². The number of hydrogen-bond acceptors (Lipinski definition) is 3. The zero-order valence-corrected chi connectivity index (χ0v) is 32.6. The molecule has 0 bridgehead atoms. The first-order chi connectivity index (χ1) is 28.3. The summed E-state index contributed by atoms with van der Waals surface area (Å²) in [6.07, 6.45) is 0. The second-order valence-electron chi connectivity index (χ2n) is 14.8. The maximum atomic E-state index is 5.76. The highest BCUT2D eigenvalue weighted by Crippen LogP contribution is 2.44. The van der Waals surface area contributed by atoms with Crippen molar-refractivity contribution in [3.8, 4) is 39.6 Å². The Morgan fingerprint density at radius 2 is 1.04 bits per heavy atom. The predicted octanol–water partition coefficient (Wildman–Crippen LogP) is 10.6. The maximum Gasteiger partial charge on any atom is 0.185 e. The molecule has 3 nitrogen and oxygen atoms in total. The lowest BCUT2D eigenvalue weighted by Crippen LogP contribution is -2.73. The van der Waals surface area contributed by atoms with E-state index in [4.69, 9.17) is 9.97 Å². The second kappa shape index (κ2) is 12.5. The summed E-state index contributed by atoms with van der Waals surface area (Å²) in [4.78, 5) is 11.5. The lowest BCUT2D eigenvalue weighted by atomic mass is 10.1. The van der Waals surface area contributed by atoms with Crippen molar-refractivity contribution >= 4 is 82.1 Å². The summed E-state index contributed by atoms with van der Waals surface area (Å²) in [6, 6.07) is 72.9. The first kappa shape index (κ1) is 32.3. The van der Waals surface area contributed by atoms with Gasteiger partial charge in [0.05, 0.1) is 28.1 Å². The van der Waals surface area contributed by atoms with Crippen molar-refractivity contribution in [3.63, 3.8) is 0 Å². The number of fused-ring (bicyclic) bond motifs is 10. The molecule has 12 rings (SSSR count). The van der Waals surface area contributed by atoms with Gasteiger partial charge in [-0.15, -0.1) is 11.3 Å². The molecule has 0 spiro atoms. The zero-order chi connectivity index (χ0) is 37.5. The molecule has 266 valence electrons. The predicted molar refractivity (Wildman–Crippen MR) is 243 cm³/mol. The van der Waals surface area contributed by atoms with Crippen LogP contribution in [-0.2, 0) is 0 Å². The van der Waals surface area contributed by atoms with E-state index in [-0.39, 0.29) is 0 Å². The maximum absolute atomic E-state index is 5.76. The molecule has 0 amide bonds. The molecule has 0 radical (unpaired) electrons. The van der Waals surface area contributed by atoms with Crippen LogP contribution >= 0.6 is 11.3 Å². The Kier molecular flexibility index (Phi) is 7.12. The zero-order valence-electron chi connectivity index (χ0n) is 30.8. The normalized spacial score (nSPS) is 13.1. The van der Waals surface area contributed by atoms with Crippen LogP contribution in [0, 0.1) is 0 Å². The summed E-state index contributed by atoms with van der Waals surface area (Å²) in [7, 11) is -2.89. The van der Waals surface area contributed by atoms with Gasteiger partial charge in [-0.05, 0) is 45.9 Å². The van der Waals surface area contributed by atoms with Crippen molar-refractivity contribution in [1.82, 2.24) is 14.5 Å². The number of thiophene rings is 1. The quantitative estimate of drug-likeness (QED) is 0.164. The third-order valence-electron chi connectivity index (χ3n) is 11.9. The van der Waals surface area contributed by atoms with Crippen LogP contribution in [0.4, 0.5) is 0 Å². The van der Waals surface area contributed by atoms with Gasteiger partial charge in [-0.2, -0.15) is 0 Å². The molecule has 0 fully saturated rings. The van der Waals surface area contributed by atoms with Gasteiger partial charge in [0.2, 0.25) is 0 Å². The van der Waals surface area contributed by atoms with Crippen molar-refractivity contribution in [3.05, 3.63) is 200 Å². The number of rotatable bonds is 5. The molecule has 0 saturated carbocycles. The van der Waals surface area contributed by atoms with Crippen LogP contribution < -0.4 is 20.7 Å². The molecule has 0 saturated heterocycles. The van der Waals surface area contributed by atoms with Crippen LogP contribution in [0.2, 0.25) is 0 Å². The highest BCUT2D eigenvalue weighted by atomic mass is 32.1. The van der Waals surface area contributed by atoms with Gasteiger partial charge in [0.25, 0.3) is 0 Å². The van der Waals surface area contributed by atoms with E-state index in [1.54, 1.807) is 0 Å². The third kappa shape index (κ3) is 4.58. The van der Waals surface area contributed by atoms with E-state index in [0.717, 1.165) is 39.5 Å². The average Bonchev–Trinajstić information content (AvgIpc) is 3.93. The van der Waals surface area contributed by atoms with E-state index < -0.39 is 8.07 Å². The summed E-state index contributed by atoms with van der Waals surface area (Å²) in [5.74, 6) is 0.720. The monoisotopic (exact) mass is 759 g/mol. The molecular weight excluding hydrogens is 727 g/mol. The van der Waals surface area contributed by atoms with E-state index in [1.165, 1.54) is 62.8 Å². The van der Waals surface area contributed by atoms with Gasteiger partial charge in [0, 0.05) is 52.8 Å². The van der Waals surface area contributed by atoms with Crippen molar-refractivity contribution in [2.24, 2.45) is 0 Å². The fourth-order valence-electron chi connectivity index (χ4n) is 9.60. The van der Waals surface area contributed by atoms with Gasteiger partial charge in [0.15, 0.2) is 13.9 Å². The Balaban J connectivity index is 1.22. The molecule has 4 heterocycles. The summed E-state index contributed by atoms with van der Waals surface area (Å²) in [5, 5.41) is 10.3. The smallest absolute Gasteiger partial charge is 0.185 e. The Hall–Kier alpha value is -6.92. The van der Waals surface area contributed by atoms with E-state index >= 15 is 0 Å². The van der Waals surface area contributed by atoms with Crippen molar-refractivity contribution < 1.29 is 0 Å². The van der Waals surface area contributed by atoms with Gasteiger partial charge in [-0.1, -0.05) is 170 Å². The van der Waals surface area contributed by atoms with Crippen LogP contribution in [0.15, 0.2) is 200 Å². The highest BCUT2D eigenvalue weighted by Gasteiger charge is 2.51. The minimum atomic E-state index is -2.89. The molecule has 8 aromatic carbocycles. The first-order valence-corrected chi connectivity index (χ1v) is 22.2. The molecule has 0 unspecified atom stereocenters. The number of benzene rings is 8. The van der Waals surface area contributed by atoms with Gasteiger partial charge < -0.3 is 4.57 Å². The van der Waals surface area contributed by atoms with Gasteiger partial charge in [-0.25, -0.2) is 9.97 Å². The summed E-state index contributed by atoms with van der Waals surface area (Å²) >= 11 is 1.86. The van der Waals surface area contributed by atoms with Crippen LogP contribution in [0.3, 0.4) is 0 Å². The van der Waals surface area contributed by atoms with Crippen LogP contribution in [0.25, 0.3) is 81.6 Å². The fraction of sp³-hybridized carbons (Fsp3) is 0. The molecule has 11 aromatic rings. The average molecular weight is 760 g/mol. The van der Waals surface area contributed by atoms with Crippen LogP contribution in [0.5, 0.6) is 0 Å². The SMILES string of the molecule is c1ccc(-c2nc(-c3ccccc3-n3c4ccccc4c4ccc5sc6ccccc6c5c43)nc3c2[Si](c2ccccc2)(c2ccccc2)c2ccccc2-3)cc1. The van der Waals surface area contributed by atoms with Crippen LogP contribution in [-0.4, -0.2) is 22.6 Å². The fourth-order valence-corrected chi connectivity index (χ4v) is 16.0. The molecular formula is C52H33N3SSi. The van der Waals surface area contributed by atoms with E-state index in [1.807, 2.05) is 11.3 Å². The van der Waals surface area contributed by atoms with Crippen molar-refractivity contribution in [2.45, 2.75) is 0 Å². The lowest BCUT2D eigenvalue weighted by molar-refractivity contribution is 1.15. The Morgan fingerprint density at radius 3 is 1.81 bits per heavy atom. The summed E-state index contributed by atoms with van der Waals surface area (Å²) < 4.78 is 5.05. The Bertz CT molecular complexity index is 3310. The largest absolute Gasteiger partial charge is 0.308 e. The topological polar surface area (TPSA) is 30.7 Å². The third-order valence-corrected chi connectivity index (χ3v) is 17.9. The van der Waals surface area contributed by atoms with Gasteiger partial charge >= 0.3 is 0 Å². The molecule has 5 heteroatoms. The molecule has 1 aliphatic rings. The van der Waals surface area contributed by atoms with E-state index in [9.17, 15) is 0 Å². The van der Waals surface area contributed by atoms with Crippen molar-refractivity contribution in [2.75, 3.05) is 0 Å². The highest BCUT2D eigenvalue weighted by molar-refractivity contribution is 7.26. The first-order valence-electron chi connectivity index (χ1n) is 19.4. The number of para-hydroxylation sites is 2. The summed E-state index contributed by atoms with van der Waals surface area (Å²) in [6.45, 7) is 0. The lowest BCUT2D eigenvalue weighted by Gasteiger charge is -2.32. The Labute approximate surface area is 334 Å². The molecule has 3 aromatic heterocycles. The molecule has 0 aliphatic carbocycles. The summed E-state index contributed by atoms with van der Waals surface area (Å²) in [5.41, 5.74) is 8.74. The van der Waals surface area contributed by atoms with E-state index in [2.05, 4.69) is 205 Å². The number of aromatic nitrogens is 3. The molecule has 1 aliphatic heterocycles. The number of nitrogens with zero attached hydrogens (tertiary/aromatic N) is 3. The minimum Gasteiger partial charge on any atom is -0.308 e. The van der Waals surface area contributed by atoms with Gasteiger partial charge in [0.1, 0.15) is 0 Å².